The van der Waals surface area contributed by atoms with Crippen LogP contribution in [-0.4, -0.2) is 56.3 Å². The number of amides is 1. The third kappa shape index (κ3) is 4.35. The number of nitrogens with two attached hydrogens (primary N) is 1. The fraction of sp³-hybridized carbons (Fsp3) is 0.480. The van der Waals surface area contributed by atoms with Crippen LogP contribution in [-0.2, 0) is 17.6 Å². The van der Waals surface area contributed by atoms with Gasteiger partial charge in [-0.25, -0.2) is 0 Å². The van der Waals surface area contributed by atoms with Crippen LogP contribution in [0.15, 0.2) is 30.0 Å². The van der Waals surface area contributed by atoms with E-state index in [1.807, 2.05) is 18.2 Å². The van der Waals surface area contributed by atoms with Crippen LogP contribution in [0.5, 0.6) is 17.2 Å². The first-order valence-corrected chi connectivity index (χ1v) is 11.3. The zero-order valence-electron chi connectivity index (χ0n) is 19.2. The average Bonchev–Trinajstić information content (AvgIpc) is 3.25. The van der Waals surface area contributed by atoms with Crippen LogP contribution in [0.1, 0.15) is 42.1 Å². The summed E-state index contributed by atoms with van der Waals surface area (Å²) in [6, 6.07) is 6.45. The molecular weight excluding hydrogens is 406 g/mol. The summed E-state index contributed by atoms with van der Waals surface area (Å²) in [6.07, 6.45) is 8.78. The second-order valence-corrected chi connectivity index (χ2v) is 8.47. The lowest BCUT2D eigenvalue weighted by atomic mass is 9.96. The first-order chi connectivity index (χ1) is 15.5. The van der Waals surface area contributed by atoms with Gasteiger partial charge < -0.3 is 29.4 Å². The van der Waals surface area contributed by atoms with Gasteiger partial charge >= 0.3 is 0 Å². The SMILES string of the molecule is COc1ccc(OC)c(OC)c1CCN1CCC(n2ccc3c2C=C(C(N)=O)CC3)CC1. The predicted molar refractivity (Wildman–Crippen MR) is 124 cm³/mol. The number of aryl methyl sites for hydroxylation is 1. The third-order valence-corrected chi connectivity index (χ3v) is 6.79. The predicted octanol–water partition coefficient (Wildman–Crippen LogP) is 3.21. The number of rotatable bonds is 8. The van der Waals surface area contributed by atoms with Crippen molar-refractivity contribution in [2.75, 3.05) is 41.0 Å². The molecule has 1 fully saturated rings. The molecule has 2 N–H and O–H groups in total. The highest BCUT2D eigenvalue weighted by Gasteiger charge is 2.25. The second kappa shape index (κ2) is 9.69. The highest BCUT2D eigenvalue weighted by molar-refractivity contribution is 5.97. The van der Waals surface area contributed by atoms with Crippen molar-refractivity contribution in [2.45, 2.75) is 38.1 Å². The first kappa shape index (κ1) is 22.3. The molecule has 7 heteroatoms. The molecule has 1 amide bonds. The first-order valence-electron chi connectivity index (χ1n) is 11.3. The lowest BCUT2D eigenvalue weighted by Gasteiger charge is -2.34. The Morgan fingerprint density at radius 3 is 2.41 bits per heavy atom. The van der Waals surface area contributed by atoms with Crippen molar-refractivity contribution in [3.8, 4) is 17.2 Å². The maximum absolute atomic E-state index is 11.6. The van der Waals surface area contributed by atoms with Gasteiger partial charge in [-0.15, -0.1) is 0 Å². The molecule has 4 rings (SSSR count). The minimum atomic E-state index is -0.304. The third-order valence-electron chi connectivity index (χ3n) is 6.79. The number of hydrogen-bond donors (Lipinski definition) is 1. The molecule has 0 atom stereocenters. The van der Waals surface area contributed by atoms with Gasteiger partial charge in [-0.05, 0) is 61.9 Å². The molecule has 2 heterocycles. The Balaban J connectivity index is 1.41. The summed E-state index contributed by atoms with van der Waals surface area (Å²) in [6.45, 7) is 2.99. The Morgan fingerprint density at radius 1 is 1.03 bits per heavy atom. The molecule has 1 saturated heterocycles. The Bertz CT molecular complexity index is 1000. The molecular formula is C25H33N3O4. The molecule has 2 aliphatic rings. The van der Waals surface area contributed by atoms with E-state index in [2.05, 4.69) is 21.7 Å². The monoisotopic (exact) mass is 439 g/mol. The quantitative estimate of drug-likeness (QED) is 0.683. The lowest BCUT2D eigenvalue weighted by molar-refractivity contribution is -0.114. The largest absolute Gasteiger partial charge is 0.496 e. The molecule has 172 valence electrons. The summed E-state index contributed by atoms with van der Waals surface area (Å²) in [4.78, 5) is 14.1. The molecule has 0 bridgehead atoms. The smallest absolute Gasteiger partial charge is 0.244 e. The van der Waals surface area contributed by atoms with Crippen molar-refractivity contribution in [1.82, 2.24) is 9.47 Å². The van der Waals surface area contributed by atoms with Crippen molar-refractivity contribution in [3.05, 3.63) is 46.8 Å². The number of likely N-dealkylation sites (tertiary alicyclic amines) is 1. The number of aromatic nitrogens is 1. The minimum absolute atomic E-state index is 0.304. The Hall–Kier alpha value is -2.93. The Morgan fingerprint density at radius 2 is 1.75 bits per heavy atom. The number of fused-ring (bicyclic) bond motifs is 1. The number of piperidine rings is 1. The van der Waals surface area contributed by atoms with E-state index in [-0.39, 0.29) is 5.91 Å². The van der Waals surface area contributed by atoms with Gasteiger partial charge in [0.2, 0.25) is 5.91 Å². The number of primary amides is 1. The van der Waals surface area contributed by atoms with Crippen LogP contribution in [0.3, 0.4) is 0 Å². The van der Waals surface area contributed by atoms with E-state index in [9.17, 15) is 4.79 Å². The topological polar surface area (TPSA) is 78.9 Å². The summed E-state index contributed by atoms with van der Waals surface area (Å²) >= 11 is 0. The van der Waals surface area contributed by atoms with Crippen molar-refractivity contribution >= 4 is 12.0 Å². The van der Waals surface area contributed by atoms with Crippen LogP contribution in [0.4, 0.5) is 0 Å². The van der Waals surface area contributed by atoms with Crippen LogP contribution in [0.25, 0.3) is 6.08 Å². The zero-order valence-corrected chi connectivity index (χ0v) is 19.2. The van der Waals surface area contributed by atoms with E-state index < -0.39 is 0 Å². The van der Waals surface area contributed by atoms with Crippen LogP contribution < -0.4 is 19.9 Å². The van der Waals surface area contributed by atoms with Gasteiger partial charge in [0.05, 0.1) is 21.3 Å². The summed E-state index contributed by atoms with van der Waals surface area (Å²) < 4.78 is 19.0. The zero-order chi connectivity index (χ0) is 22.7. The molecule has 1 aliphatic carbocycles. The molecule has 1 aliphatic heterocycles. The number of carbonyl (C=O) groups excluding carboxylic acids is 1. The molecule has 0 radical (unpaired) electrons. The van der Waals surface area contributed by atoms with Gasteiger partial charge in [0, 0.05) is 48.7 Å². The van der Waals surface area contributed by atoms with Gasteiger partial charge in [-0.2, -0.15) is 0 Å². The van der Waals surface area contributed by atoms with Gasteiger partial charge in [-0.1, -0.05) is 0 Å². The number of hydrogen-bond acceptors (Lipinski definition) is 5. The fourth-order valence-corrected chi connectivity index (χ4v) is 4.99. The molecule has 1 aromatic carbocycles. The summed E-state index contributed by atoms with van der Waals surface area (Å²) in [5.41, 5.74) is 9.78. The Kier molecular flexibility index (Phi) is 6.74. The molecule has 7 nitrogen and oxygen atoms in total. The Labute approximate surface area is 189 Å². The van der Waals surface area contributed by atoms with Gasteiger partial charge in [0.25, 0.3) is 0 Å². The van der Waals surface area contributed by atoms with E-state index in [0.29, 0.717) is 6.04 Å². The van der Waals surface area contributed by atoms with Crippen LogP contribution >= 0.6 is 0 Å². The van der Waals surface area contributed by atoms with E-state index in [1.165, 1.54) is 5.56 Å². The van der Waals surface area contributed by atoms with Gasteiger partial charge in [0.1, 0.15) is 5.75 Å². The van der Waals surface area contributed by atoms with Gasteiger partial charge in [-0.3, -0.25) is 4.79 Å². The minimum Gasteiger partial charge on any atom is -0.496 e. The number of ether oxygens (including phenoxy) is 3. The van der Waals surface area contributed by atoms with Crippen molar-refractivity contribution in [3.63, 3.8) is 0 Å². The second-order valence-electron chi connectivity index (χ2n) is 8.47. The molecule has 1 aromatic heterocycles. The van der Waals surface area contributed by atoms with Crippen LogP contribution in [0, 0.1) is 0 Å². The maximum Gasteiger partial charge on any atom is 0.244 e. The number of benzene rings is 1. The van der Waals surface area contributed by atoms with E-state index in [4.69, 9.17) is 19.9 Å². The van der Waals surface area contributed by atoms with Crippen molar-refractivity contribution < 1.29 is 19.0 Å². The summed E-state index contributed by atoms with van der Waals surface area (Å²) in [5, 5.41) is 0. The molecule has 32 heavy (non-hydrogen) atoms. The lowest BCUT2D eigenvalue weighted by Crippen LogP contribution is -2.36. The number of carbonyl (C=O) groups is 1. The van der Waals surface area contributed by atoms with Crippen LogP contribution in [0.2, 0.25) is 0 Å². The highest BCUT2D eigenvalue weighted by atomic mass is 16.5. The summed E-state index contributed by atoms with van der Waals surface area (Å²) in [5.74, 6) is 2.00. The molecule has 0 unspecified atom stereocenters. The highest BCUT2D eigenvalue weighted by Crippen LogP contribution is 2.38. The molecule has 0 spiro atoms. The molecule has 2 aromatic rings. The normalized spacial score (nSPS) is 16.9. The summed E-state index contributed by atoms with van der Waals surface area (Å²) in [7, 11) is 5.01. The van der Waals surface area contributed by atoms with Gasteiger partial charge in [0.15, 0.2) is 11.5 Å². The van der Waals surface area contributed by atoms with E-state index in [1.54, 1.807) is 21.3 Å². The standard InChI is InChI=1S/C25H33N3O4/c1-30-22-6-7-23(31-2)24(32-3)20(22)11-14-27-12-9-19(10-13-27)28-15-8-17-4-5-18(25(26)29)16-21(17)28/h6-8,15-16,19H,4-5,9-14H2,1-3H3,(H2,26,29). The fourth-order valence-electron chi connectivity index (χ4n) is 4.99. The van der Waals surface area contributed by atoms with Crippen molar-refractivity contribution in [2.24, 2.45) is 5.73 Å². The van der Waals surface area contributed by atoms with E-state index >= 15 is 0 Å². The van der Waals surface area contributed by atoms with E-state index in [0.717, 1.165) is 85.8 Å². The van der Waals surface area contributed by atoms with Crippen molar-refractivity contribution in [1.29, 1.82) is 0 Å². The molecule has 0 saturated carbocycles. The average molecular weight is 440 g/mol. The number of nitrogens with zero attached hydrogens (tertiary/aromatic N) is 2. The number of methoxy groups -OCH3 is 3. The maximum atomic E-state index is 11.6.